The van der Waals surface area contributed by atoms with Crippen LogP contribution in [0, 0.1) is 40.4 Å². The molecule has 0 bridgehead atoms. The Bertz CT molecular complexity index is 557. The van der Waals surface area contributed by atoms with Crippen molar-refractivity contribution in [1.82, 2.24) is 0 Å². The van der Waals surface area contributed by atoms with Crippen LogP contribution >= 0.6 is 0 Å². The molecule has 1 aliphatic heterocycles. The SMILES string of the molecule is C[C@]12CC[C@@H](O)C[C@H]1[C@@H](O)C[C@H]1[C@H]3CC[C@@H]([C@@]4(C)CO4)[C@@]3(C)CC[C@@H]12. The first-order chi connectivity index (χ1) is 11.8. The maximum absolute atomic E-state index is 11.0. The van der Waals surface area contributed by atoms with E-state index in [1.54, 1.807) is 0 Å². The zero-order chi connectivity index (χ0) is 17.6. The Morgan fingerprint density at radius 1 is 0.800 bits per heavy atom. The molecule has 25 heavy (non-hydrogen) atoms. The van der Waals surface area contributed by atoms with Crippen LogP contribution < -0.4 is 0 Å². The quantitative estimate of drug-likeness (QED) is 0.709. The van der Waals surface area contributed by atoms with Crippen molar-refractivity contribution < 1.29 is 14.9 Å². The van der Waals surface area contributed by atoms with Crippen LogP contribution in [0.1, 0.15) is 72.1 Å². The van der Waals surface area contributed by atoms with E-state index >= 15 is 0 Å². The second-order valence-corrected chi connectivity index (χ2v) is 11.0. The molecule has 3 heteroatoms. The van der Waals surface area contributed by atoms with Gasteiger partial charge in [-0.1, -0.05) is 13.8 Å². The molecule has 5 aliphatic rings. The molecule has 5 rings (SSSR count). The first-order valence-corrected chi connectivity index (χ1v) is 10.8. The molecule has 10 atom stereocenters. The van der Waals surface area contributed by atoms with Gasteiger partial charge < -0.3 is 14.9 Å². The zero-order valence-electron chi connectivity index (χ0n) is 16.2. The number of aliphatic hydroxyl groups is 2. The highest BCUT2D eigenvalue weighted by Gasteiger charge is 2.66. The summed E-state index contributed by atoms with van der Waals surface area (Å²) in [7, 11) is 0. The first kappa shape index (κ1) is 17.0. The van der Waals surface area contributed by atoms with Gasteiger partial charge in [-0.2, -0.15) is 0 Å². The summed E-state index contributed by atoms with van der Waals surface area (Å²) in [5, 5.41) is 21.2. The Labute approximate surface area is 152 Å². The highest BCUT2D eigenvalue weighted by Crippen LogP contribution is 2.69. The Morgan fingerprint density at radius 2 is 1.48 bits per heavy atom. The fraction of sp³-hybridized carbons (Fsp3) is 1.00. The van der Waals surface area contributed by atoms with Gasteiger partial charge in [0.15, 0.2) is 0 Å². The third-order valence-corrected chi connectivity index (χ3v) is 9.99. The summed E-state index contributed by atoms with van der Waals surface area (Å²) >= 11 is 0. The summed E-state index contributed by atoms with van der Waals surface area (Å²) in [6, 6.07) is 0. The van der Waals surface area contributed by atoms with Gasteiger partial charge in [-0.05, 0) is 98.7 Å². The van der Waals surface area contributed by atoms with Crippen LogP contribution in [0.3, 0.4) is 0 Å². The minimum absolute atomic E-state index is 0.144. The van der Waals surface area contributed by atoms with Crippen molar-refractivity contribution in [2.45, 2.75) is 89.9 Å². The highest BCUT2D eigenvalue weighted by atomic mass is 16.6. The molecule has 0 unspecified atom stereocenters. The van der Waals surface area contributed by atoms with Gasteiger partial charge in [0.05, 0.1) is 24.4 Å². The number of fused-ring (bicyclic) bond motifs is 5. The maximum Gasteiger partial charge on any atom is 0.0921 e. The van der Waals surface area contributed by atoms with E-state index in [-0.39, 0.29) is 23.2 Å². The molecule has 1 heterocycles. The van der Waals surface area contributed by atoms with Gasteiger partial charge in [-0.3, -0.25) is 0 Å². The van der Waals surface area contributed by atoms with Crippen LogP contribution in [-0.4, -0.2) is 34.6 Å². The average Bonchev–Trinajstić information content (AvgIpc) is 3.18. The molecule has 142 valence electrons. The van der Waals surface area contributed by atoms with E-state index in [2.05, 4.69) is 20.8 Å². The van der Waals surface area contributed by atoms with Gasteiger partial charge in [-0.15, -0.1) is 0 Å². The summed E-state index contributed by atoms with van der Waals surface area (Å²) in [6.07, 6.45) is 8.72. The standard InChI is InChI=1S/C22H36O3/c1-20-8-6-13(23)10-17(20)18(24)11-14-15-4-5-19(22(3)12-25-22)21(15,2)9-7-16(14)20/h13-19,23-24H,4-12H2,1-3H3/t13-,14+,15-,16+,17+,18+,19-,20-,21+,22-/m1/s1. The Morgan fingerprint density at radius 3 is 2.20 bits per heavy atom. The van der Waals surface area contributed by atoms with Crippen molar-refractivity contribution >= 4 is 0 Å². The van der Waals surface area contributed by atoms with E-state index in [1.807, 2.05) is 0 Å². The smallest absolute Gasteiger partial charge is 0.0921 e. The van der Waals surface area contributed by atoms with Crippen LogP contribution in [-0.2, 0) is 4.74 Å². The van der Waals surface area contributed by atoms with E-state index in [0.717, 1.165) is 44.1 Å². The minimum Gasteiger partial charge on any atom is -0.393 e. The number of hydrogen-bond donors (Lipinski definition) is 2. The van der Waals surface area contributed by atoms with Gasteiger partial charge in [-0.25, -0.2) is 0 Å². The highest BCUT2D eigenvalue weighted by molar-refractivity contribution is 5.14. The number of rotatable bonds is 1. The summed E-state index contributed by atoms with van der Waals surface area (Å²) in [5.74, 6) is 3.21. The van der Waals surface area contributed by atoms with Crippen LogP contribution in [0.5, 0.6) is 0 Å². The molecule has 4 saturated carbocycles. The second kappa shape index (κ2) is 5.23. The van der Waals surface area contributed by atoms with Gasteiger partial charge >= 0.3 is 0 Å². The number of epoxide rings is 1. The van der Waals surface area contributed by atoms with Crippen molar-refractivity contribution in [1.29, 1.82) is 0 Å². The first-order valence-electron chi connectivity index (χ1n) is 10.8. The van der Waals surface area contributed by atoms with Gasteiger partial charge in [0, 0.05) is 0 Å². The molecule has 5 fully saturated rings. The maximum atomic E-state index is 11.0. The van der Waals surface area contributed by atoms with Crippen LogP contribution in [0.4, 0.5) is 0 Å². The molecular formula is C22H36O3. The van der Waals surface area contributed by atoms with Gasteiger partial charge in [0.2, 0.25) is 0 Å². The zero-order valence-corrected chi connectivity index (χ0v) is 16.2. The van der Waals surface area contributed by atoms with Crippen molar-refractivity contribution in [3.8, 4) is 0 Å². The molecule has 0 aromatic carbocycles. The van der Waals surface area contributed by atoms with E-state index in [1.165, 1.54) is 25.7 Å². The van der Waals surface area contributed by atoms with Crippen molar-refractivity contribution in [2.24, 2.45) is 40.4 Å². The van der Waals surface area contributed by atoms with E-state index < -0.39 is 0 Å². The molecule has 0 amide bonds. The lowest BCUT2D eigenvalue weighted by Crippen LogP contribution is -2.58. The molecule has 4 aliphatic carbocycles. The van der Waals surface area contributed by atoms with Gasteiger partial charge in [0.1, 0.15) is 0 Å². The molecule has 1 saturated heterocycles. The molecule has 0 aromatic heterocycles. The largest absolute Gasteiger partial charge is 0.393 e. The summed E-state index contributed by atoms with van der Waals surface area (Å²) < 4.78 is 5.89. The topological polar surface area (TPSA) is 53.0 Å². The monoisotopic (exact) mass is 348 g/mol. The number of ether oxygens (including phenoxy) is 1. The molecule has 0 aromatic rings. The molecular weight excluding hydrogens is 312 g/mol. The van der Waals surface area contributed by atoms with E-state index in [4.69, 9.17) is 4.74 Å². The average molecular weight is 349 g/mol. The Hall–Kier alpha value is -0.120. The normalized spacial score (nSPS) is 63.5. The van der Waals surface area contributed by atoms with Crippen LogP contribution in [0.25, 0.3) is 0 Å². The molecule has 0 radical (unpaired) electrons. The fourth-order valence-corrected chi connectivity index (χ4v) is 8.60. The lowest BCUT2D eigenvalue weighted by atomic mass is 9.44. The number of aliphatic hydroxyl groups excluding tert-OH is 2. The second-order valence-electron chi connectivity index (χ2n) is 11.0. The molecule has 3 nitrogen and oxygen atoms in total. The predicted molar refractivity (Wildman–Crippen MR) is 97.0 cm³/mol. The third kappa shape index (κ3) is 2.21. The summed E-state index contributed by atoms with van der Waals surface area (Å²) in [5.41, 5.74) is 0.787. The number of hydrogen-bond acceptors (Lipinski definition) is 3. The summed E-state index contributed by atoms with van der Waals surface area (Å²) in [6.45, 7) is 8.27. The van der Waals surface area contributed by atoms with Gasteiger partial charge in [0.25, 0.3) is 0 Å². The van der Waals surface area contributed by atoms with E-state index in [9.17, 15) is 10.2 Å². The van der Waals surface area contributed by atoms with Crippen molar-refractivity contribution in [2.75, 3.05) is 6.61 Å². The van der Waals surface area contributed by atoms with Crippen molar-refractivity contribution in [3.63, 3.8) is 0 Å². The molecule has 0 spiro atoms. The van der Waals surface area contributed by atoms with Crippen LogP contribution in [0.2, 0.25) is 0 Å². The van der Waals surface area contributed by atoms with Crippen LogP contribution in [0.15, 0.2) is 0 Å². The fourth-order valence-electron chi connectivity index (χ4n) is 8.60. The Kier molecular flexibility index (Phi) is 3.56. The lowest BCUT2D eigenvalue weighted by molar-refractivity contribution is -0.172. The Balaban J connectivity index is 1.46. The lowest BCUT2D eigenvalue weighted by Gasteiger charge is -2.62. The minimum atomic E-state index is -0.213. The predicted octanol–water partition coefficient (Wildman–Crippen LogP) is 3.77. The van der Waals surface area contributed by atoms with E-state index in [0.29, 0.717) is 23.2 Å². The van der Waals surface area contributed by atoms with Crippen molar-refractivity contribution in [3.05, 3.63) is 0 Å². The third-order valence-electron chi connectivity index (χ3n) is 9.99. The molecule has 2 N–H and O–H groups in total. The summed E-state index contributed by atoms with van der Waals surface area (Å²) in [4.78, 5) is 0.